The maximum absolute atomic E-state index is 11.9. The molecule has 1 amide bonds. The van der Waals surface area contributed by atoms with Crippen molar-refractivity contribution in [3.8, 4) is 17.2 Å². The predicted octanol–water partition coefficient (Wildman–Crippen LogP) is 3.09. The second-order valence-electron chi connectivity index (χ2n) is 5.71. The van der Waals surface area contributed by atoms with E-state index in [1.807, 2.05) is 54.7 Å². The summed E-state index contributed by atoms with van der Waals surface area (Å²) in [6.07, 6.45) is 6.79. The molecule has 1 heterocycles. The average molecular weight is 363 g/mol. The number of hydrogen-bond acceptors (Lipinski definition) is 4. The quantitative estimate of drug-likeness (QED) is 0.493. The lowest BCUT2D eigenvalue weighted by Crippen LogP contribution is -2.26. The van der Waals surface area contributed by atoms with E-state index >= 15 is 0 Å². The number of hydrogen-bond donors (Lipinski definition) is 1. The fourth-order valence-electron chi connectivity index (χ4n) is 2.41. The lowest BCUT2D eigenvalue weighted by atomic mass is 10.3. The van der Waals surface area contributed by atoms with Crippen molar-refractivity contribution in [3.05, 3.63) is 78.6 Å². The van der Waals surface area contributed by atoms with Crippen LogP contribution < -0.4 is 14.8 Å². The lowest BCUT2D eigenvalue weighted by molar-refractivity contribution is -0.116. The molecule has 0 aliphatic rings. The van der Waals surface area contributed by atoms with Gasteiger partial charge in [-0.05, 0) is 30.3 Å². The number of aromatic nitrogens is 2. The van der Waals surface area contributed by atoms with Crippen LogP contribution in [0.15, 0.2) is 73.1 Å². The smallest absolute Gasteiger partial charge is 0.244 e. The van der Waals surface area contributed by atoms with Crippen molar-refractivity contribution < 1.29 is 14.3 Å². The van der Waals surface area contributed by atoms with Gasteiger partial charge in [0.05, 0.1) is 25.5 Å². The summed E-state index contributed by atoms with van der Waals surface area (Å²) in [5.74, 6) is 1.25. The fraction of sp³-hybridized carbons (Fsp3) is 0.143. The van der Waals surface area contributed by atoms with E-state index in [-0.39, 0.29) is 5.91 Å². The van der Waals surface area contributed by atoms with Crippen molar-refractivity contribution in [1.82, 2.24) is 15.1 Å². The minimum Gasteiger partial charge on any atom is -0.497 e. The normalized spacial score (nSPS) is 10.7. The van der Waals surface area contributed by atoms with Gasteiger partial charge >= 0.3 is 0 Å². The number of methoxy groups -OCH3 is 1. The fourth-order valence-corrected chi connectivity index (χ4v) is 2.41. The topological polar surface area (TPSA) is 65.4 Å². The molecule has 3 rings (SSSR count). The molecule has 0 aliphatic heterocycles. The summed E-state index contributed by atoms with van der Waals surface area (Å²) in [5.41, 5.74) is 1.82. The van der Waals surface area contributed by atoms with Gasteiger partial charge in [0, 0.05) is 23.9 Å². The first-order valence-corrected chi connectivity index (χ1v) is 8.57. The second kappa shape index (κ2) is 9.24. The minimum absolute atomic E-state index is 0.184. The summed E-state index contributed by atoms with van der Waals surface area (Å²) in [7, 11) is 1.61. The third-order valence-electron chi connectivity index (χ3n) is 3.76. The molecule has 0 saturated heterocycles. The molecule has 0 bridgehead atoms. The molecule has 3 aromatic rings. The van der Waals surface area contributed by atoms with Crippen LogP contribution in [0.5, 0.6) is 11.5 Å². The Morgan fingerprint density at radius 1 is 1.15 bits per heavy atom. The molecule has 1 N–H and O–H groups in total. The van der Waals surface area contributed by atoms with Crippen LogP contribution >= 0.6 is 0 Å². The third kappa shape index (κ3) is 5.47. The summed E-state index contributed by atoms with van der Waals surface area (Å²) in [5, 5.41) is 7.07. The van der Waals surface area contributed by atoms with Crippen LogP contribution in [0.4, 0.5) is 0 Å². The van der Waals surface area contributed by atoms with Crippen LogP contribution in [0.25, 0.3) is 11.8 Å². The first-order chi connectivity index (χ1) is 13.2. The second-order valence-corrected chi connectivity index (χ2v) is 5.71. The predicted molar refractivity (Wildman–Crippen MR) is 104 cm³/mol. The Morgan fingerprint density at radius 2 is 1.96 bits per heavy atom. The Kier molecular flexibility index (Phi) is 6.25. The molecule has 0 atom stereocenters. The van der Waals surface area contributed by atoms with E-state index in [9.17, 15) is 4.79 Å². The van der Waals surface area contributed by atoms with Crippen molar-refractivity contribution in [1.29, 1.82) is 0 Å². The van der Waals surface area contributed by atoms with Gasteiger partial charge in [-0.25, -0.2) is 4.68 Å². The number of nitrogens with zero attached hydrogens (tertiary/aromatic N) is 2. The first-order valence-electron chi connectivity index (χ1n) is 8.57. The Hall–Kier alpha value is -3.54. The number of benzene rings is 2. The number of ether oxygens (including phenoxy) is 2. The standard InChI is InChI=1S/C21H21N3O3/c1-26-19-8-5-9-20(14-19)27-13-12-22-21(25)11-10-17-15-23-24(16-17)18-6-3-2-4-7-18/h2-11,14-16H,12-13H2,1H3,(H,22,25)/b11-10+. The van der Waals surface area contributed by atoms with Crippen molar-refractivity contribution in [2.75, 3.05) is 20.3 Å². The van der Waals surface area contributed by atoms with Crippen LogP contribution in [0.1, 0.15) is 5.56 Å². The molecule has 0 spiro atoms. The van der Waals surface area contributed by atoms with Gasteiger partial charge in [-0.15, -0.1) is 0 Å². The summed E-state index contributed by atoms with van der Waals surface area (Å²) < 4.78 is 12.5. The highest BCUT2D eigenvalue weighted by Crippen LogP contribution is 2.18. The maximum Gasteiger partial charge on any atom is 0.244 e. The van der Waals surface area contributed by atoms with E-state index in [1.165, 1.54) is 6.08 Å². The Morgan fingerprint density at radius 3 is 2.78 bits per heavy atom. The van der Waals surface area contributed by atoms with Gasteiger partial charge in [-0.2, -0.15) is 5.10 Å². The molecule has 0 unspecified atom stereocenters. The average Bonchev–Trinajstić information content (AvgIpc) is 3.20. The van der Waals surface area contributed by atoms with Crippen LogP contribution in [-0.4, -0.2) is 35.9 Å². The van der Waals surface area contributed by atoms with Crippen LogP contribution in [0.3, 0.4) is 0 Å². The van der Waals surface area contributed by atoms with Gasteiger partial charge in [0.1, 0.15) is 18.1 Å². The van der Waals surface area contributed by atoms with E-state index in [0.717, 1.165) is 17.0 Å². The van der Waals surface area contributed by atoms with Gasteiger partial charge < -0.3 is 14.8 Å². The molecule has 6 nitrogen and oxygen atoms in total. The lowest BCUT2D eigenvalue weighted by Gasteiger charge is -2.07. The highest BCUT2D eigenvalue weighted by Gasteiger charge is 2.00. The van der Waals surface area contributed by atoms with E-state index in [2.05, 4.69) is 10.4 Å². The summed E-state index contributed by atoms with van der Waals surface area (Å²) in [6.45, 7) is 0.780. The highest BCUT2D eigenvalue weighted by atomic mass is 16.5. The zero-order chi connectivity index (χ0) is 18.9. The minimum atomic E-state index is -0.184. The van der Waals surface area contributed by atoms with Gasteiger partial charge in [-0.1, -0.05) is 24.3 Å². The molecule has 0 radical (unpaired) electrons. The van der Waals surface area contributed by atoms with Crippen LogP contribution in [0.2, 0.25) is 0 Å². The number of carbonyl (C=O) groups excluding carboxylic acids is 1. The van der Waals surface area contributed by atoms with Gasteiger partial charge in [0.2, 0.25) is 5.91 Å². The SMILES string of the molecule is COc1cccc(OCCNC(=O)/C=C/c2cnn(-c3ccccc3)c2)c1. The van der Waals surface area contributed by atoms with E-state index in [4.69, 9.17) is 9.47 Å². The molecule has 27 heavy (non-hydrogen) atoms. The molecule has 0 saturated carbocycles. The number of nitrogens with one attached hydrogen (secondary N) is 1. The molecule has 0 aliphatic carbocycles. The number of amides is 1. The number of para-hydroxylation sites is 1. The molecular weight excluding hydrogens is 342 g/mol. The molecular formula is C21H21N3O3. The van der Waals surface area contributed by atoms with Gasteiger partial charge in [0.15, 0.2) is 0 Å². The molecule has 0 fully saturated rings. The van der Waals surface area contributed by atoms with Crippen LogP contribution in [-0.2, 0) is 4.79 Å². The summed E-state index contributed by atoms with van der Waals surface area (Å²) >= 11 is 0. The van der Waals surface area contributed by atoms with Crippen molar-refractivity contribution in [3.63, 3.8) is 0 Å². The first kappa shape index (κ1) is 18.3. The van der Waals surface area contributed by atoms with E-state index in [1.54, 1.807) is 30.1 Å². The highest BCUT2D eigenvalue weighted by molar-refractivity contribution is 5.91. The van der Waals surface area contributed by atoms with Crippen molar-refractivity contribution >= 4 is 12.0 Å². The van der Waals surface area contributed by atoms with Crippen LogP contribution in [0, 0.1) is 0 Å². The number of rotatable bonds is 8. The zero-order valence-corrected chi connectivity index (χ0v) is 15.0. The molecule has 2 aromatic carbocycles. The monoisotopic (exact) mass is 363 g/mol. The van der Waals surface area contributed by atoms with Crippen molar-refractivity contribution in [2.45, 2.75) is 0 Å². The van der Waals surface area contributed by atoms with Crippen molar-refractivity contribution in [2.24, 2.45) is 0 Å². The van der Waals surface area contributed by atoms with E-state index in [0.29, 0.717) is 18.9 Å². The summed E-state index contributed by atoms with van der Waals surface area (Å²) in [4.78, 5) is 11.9. The molecule has 1 aromatic heterocycles. The van der Waals surface area contributed by atoms with Gasteiger partial charge in [0.25, 0.3) is 0 Å². The third-order valence-corrected chi connectivity index (χ3v) is 3.76. The number of carbonyl (C=O) groups is 1. The maximum atomic E-state index is 11.9. The Labute approximate surface area is 158 Å². The zero-order valence-electron chi connectivity index (χ0n) is 15.0. The molecule has 6 heteroatoms. The van der Waals surface area contributed by atoms with E-state index < -0.39 is 0 Å². The molecule has 138 valence electrons. The Bertz CT molecular complexity index is 904. The largest absolute Gasteiger partial charge is 0.497 e. The summed E-state index contributed by atoms with van der Waals surface area (Å²) in [6, 6.07) is 17.1. The Balaban J connectivity index is 1.43. The van der Waals surface area contributed by atoms with Gasteiger partial charge in [-0.3, -0.25) is 4.79 Å².